The highest BCUT2D eigenvalue weighted by Gasteiger charge is 2.23. The van der Waals surface area contributed by atoms with Crippen molar-refractivity contribution in [3.05, 3.63) is 33.4 Å². The van der Waals surface area contributed by atoms with Crippen molar-refractivity contribution < 1.29 is 9.90 Å². The minimum absolute atomic E-state index is 0.145. The molecule has 1 aromatic rings. The normalized spacial score (nSPS) is 20.9. The summed E-state index contributed by atoms with van der Waals surface area (Å²) in [7, 11) is 0. The number of likely N-dealkylation sites (tertiary alicyclic amines) is 1. The zero-order chi connectivity index (χ0) is 13.0. The Balaban J connectivity index is 1.99. The molecule has 1 fully saturated rings. The van der Waals surface area contributed by atoms with Gasteiger partial charge in [-0.15, -0.1) is 0 Å². The molecule has 3 nitrogen and oxygen atoms in total. The summed E-state index contributed by atoms with van der Waals surface area (Å²) in [5.74, 6) is 0.145. The van der Waals surface area contributed by atoms with E-state index in [0.29, 0.717) is 6.54 Å². The van der Waals surface area contributed by atoms with Crippen LogP contribution in [0, 0.1) is 3.57 Å². The van der Waals surface area contributed by atoms with Crippen molar-refractivity contribution in [2.75, 3.05) is 19.7 Å². The van der Waals surface area contributed by atoms with E-state index in [4.69, 9.17) is 0 Å². The van der Waals surface area contributed by atoms with Gasteiger partial charge in [0.2, 0.25) is 0 Å². The lowest BCUT2D eigenvalue weighted by Gasteiger charge is -2.33. The molecule has 4 heteroatoms. The van der Waals surface area contributed by atoms with E-state index in [9.17, 15) is 9.90 Å². The highest BCUT2D eigenvalue weighted by Crippen LogP contribution is 2.17. The van der Waals surface area contributed by atoms with E-state index in [1.54, 1.807) is 0 Å². The van der Waals surface area contributed by atoms with Gasteiger partial charge >= 0.3 is 0 Å². The zero-order valence-electron chi connectivity index (χ0n) is 10.3. The molecule has 0 radical (unpaired) electrons. The highest BCUT2D eigenvalue weighted by molar-refractivity contribution is 14.1. The van der Waals surface area contributed by atoms with Gasteiger partial charge in [-0.25, -0.2) is 0 Å². The number of Topliss-reactive ketones (excluding diaryl/α,β-unsaturated/α-hetero) is 1. The fourth-order valence-electron chi connectivity index (χ4n) is 2.39. The average Bonchev–Trinajstić information content (AvgIpc) is 2.40. The second-order valence-electron chi connectivity index (χ2n) is 4.73. The van der Waals surface area contributed by atoms with Gasteiger partial charge in [0, 0.05) is 15.2 Å². The maximum absolute atomic E-state index is 12.2. The van der Waals surface area contributed by atoms with E-state index in [0.717, 1.165) is 34.9 Å². The van der Waals surface area contributed by atoms with Crippen molar-refractivity contribution in [2.24, 2.45) is 0 Å². The number of halogens is 1. The van der Waals surface area contributed by atoms with Crippen LogP contribution in [0.5, 0.6) is 0 Å². The number of carbonyl (C=O) groups is 1. The van der Waals surface area contributed by atoms with Crippen LogP contribution in [-0.4, -0.2) is 41.5 Å². The second-order valence-corrected chi connectivity index (χ2v) is 5.98. The van der Waals surface area contributed by atoms with E-state index >= 15 is 0 Å². The Labute approximate surface area is 121 Å². The number of ketones is 1. The van der Waals surface area contributed by atoms with Crippen LogP contribution >= 0.6 is 22.6 Å². The van der Waals surface area contributed by atoms with Crippen molar-refractivity contribution in [3.63, 3.8) is 0 Å². The number of piperidine rings is 1. The van der Waals surface area contributed by atoms with E-state index in [1.165, 1.54) is 0 Å². The summed E-state index contributed by atoms with van der Waals surface area (Å²) >= 11 is 2.23. The lowest BCUT2D eigenvalue weighted by Crippen LogP contribution is -2.44. The van der Waals surface area contributed by atoms with E-state index in [2.05, 4.69) is 27.5 Å². The summed E-state index contributed by atoms with van der Waals surface area (Å²) in [6.45, 7) is 1.49. The van der Waals surface area contributed by atoms with Crippen LogP contribution in [0.4, 0.5) is 0 Å². The molecule has 2 rings (SSSR count). The maximum Gasteiger partial charge on any atom is 0.176 e. The van der Waals surface area contributed by atoms with Crippen molar-refractivity contribution in [1.29, 1.82) is 0 Å². The van der Waals surface area contributed by atoms with Crippen LogP contribution in [0.3, 0.4) is 0 Å². The average molecular weight is 359 g/mol. The van der Waals surface area contributed by atoms with Crippen LogP contribution < -0.4 is 0 Å². The van der Waals surface area contributed by atoms with Crippen LogP contribution in [0.2, 0.25) is 0 Å². The Hall–Kier alpha value is -0.460. The van der Waals surface area contributed by atoms with Crippen LogP contribution in [0.25, 0.3) is 0 Å². The molecule has 0 saturated carbocycles. The summed E-state index contributed by atoms with van der Waals surface area (Å²) in [6.07, 6.45) is 3.27. The van der Waals surface area contributed by atoms with E-state index < -0.39 is 0 Å². The monoisotopic (exact) mass is 359 g/mol. The molecular formula is C14H18INO2. The Kier molecular flexibility index (Phi) is 5.14. The zero-order valence-corrected chi connectivity index (χ0v) is 12.5. The van der Waals surface area contributed by atoms with Crippen molar-refractivity contribution in [2.45, 2.75) is 25.3 Å². The molecule has 18 heavy (non-hydrogen) atoms. The molecule has 1 heterocycles. The summed E-state index contributed by atoms with van der Waals surface area (Å²) in [5.41, 5.74) is 0.762. The number of hydrogen-bond donors (Lipinski definition) is 1. The standard InChI is InChI=1S/C14H18INO2/c15-12-6-4-11(5-7-12)14(18)9-16-8-2-1-3-13(16)10-17/h4-7,13,17H,1-3,8-10H2. The predicted octanol–water partition coefficient (Wildman–Crippen LogP) is 2.32. The van der Waals surface area contributed by atoms with E-state index in [1.807, 2.05) is 24.3 Å². The van der Waals surface area contributed by atoms with Gasteiger partial charge in [-0.3, -0.25) is 9.69 Å². The molecule has 1 atom stereocenters. The largest absolute Gasteiger partial charge is 0.395 e. The van der Waals surface area contributed by atoms with Crippen molar-refractivity contribution >= 4 is 28.4 Å². The third-order valence-electron chi connectivity index (χ3n) is 3.47. The molecule has 0 amide bonds. The van der Waals surface area contributed by atoms with Crippen molar-refractivity contribution in [3.8, 4) is 0 Å². The summed E-state index contributed by atoms with van der Waals surface area (Å²) in [6, 6.07) is 7.82. The summed E-state index contributed by atoms with van der Waals surface area (Å²) in [5, 5.41) is 9.33. The maximum atomic E-state index is 12.2. The smallest absolute Gasteiger partial charge is 0.176 e. The molecule has 1 aliphatic rings. The van der Waals surface area contributed by atoms with Gasteiger partial charge in [0.05, 0.1) is 13.2 Å². The van der Waals surface area contributed by atoms with Gasteiger partial charge in [0.1, 0.15) is 0 Å². The molecule has 1 aromatic carbocycles. The molecule has 1 aliphatic heterocycles. The van der Waals surface area contributed by atoms with Gasteiger partial charge < -0.3 is 5.11 Å². The Morgan fingerprint density at radius 2 is 2.06 bits per heavy atom. The SMILES string of the molecule is O=C(CN1CCCCC1CO)c1ccc(I)cc1. The lowest BCUT2D eigenvalue weighted by atomic mass is 10.0. The molecule has 0 spiro atoms. The van der Waals surface area contributed by atoms with Crippen molar-refractivity contribution in [1.82, 2.24) is 4.90 Å². The first kappa shape index (κ1) is 14.0. The number of hydrogen-bond acceptors (Lipinski definition) is 3. The fourth-order valence-corrected chi connectivity index (χ4v) is 2.75. The second kappa shape index (κ2) is 6.63. The summed E-state index contributed by atoms with van der Waals surface area (Å²) in [4.78, 5) is 14.3. The van der Waals surface area contributed by atoms with Gasteiger partial charge in [0.25, 0.3) is 0 Å². The van der Waals surface area contributed by atoms with Crippen LogP contribution in [0.1, 0.15) is 29.6 Å². The minimum atomic E-state index is 0.145. The number of benzene rings is 1. The molecule has 0 aliphatic carbocycles. The molecule has 0 bridgehead atoms. The number of rotatable bonds is 4. The van der Waals surface area contributed by atoms with Gasteiger partial charge in [-0.2, -0.15) is 0 Å². The van der Waals surface area contributed by atoms with Gasteiger partial charge in [0.15, 0.2) is 5.78 Å². The highest BCUT2D eigenvalue weighted by atomic mass is 127. The third-order valence-corrected chi connectivity index (χ3v) is 4.19. The Morgan fingerprint density at radius 3 is 2.72 bits per heavy atom. The molecule has 0 aromatic heterocycles. The summed E-state index contributed by atoms with van der Waals surface area (Å²) < 4.78 is 1.13. The lowest BCUT2D eigenvalue weighted by molar-refractivity contribution is 0.0711. The van der Waals surface area contributed by atoms with Gasteiger partial charge in [-0.1, -0.05) is 18.6 Å². The third kappa shape index (κ3) is 3.52. The molecular weight excluding hydrogens is 341 g/mol. The molecule has 1 N–H and O–H groups in total. The molecule has 1 unspecified atom stereocenters. The number of aliphatic hydroxyl groups is 1. The number of carbonyl (C=O) groups excluding carboxylic acids is 1. The fraction of sp³-hybridized carbons (Fsp3) is 0.500. The Morgan fingerprint density at radius 1 is 1.33 bits per heavy atom. The predicted molar refractivity (Wildman–Crippen MR) is 79.8 cm³/mol. The first-order chi connectivity index (χ1) is 8.70. The van der Waals surface area contributed by atoms with Crippen LogP contribution in [0.15, 0.2) is 24.3 Å². The minimum Gasteiger partial charge on any atom is -0.395 e. The van der Waals surface area contributed by atoms with Crippen LogP contribution in [-0.2, 0) is 0 Å². The Bertz CT molecular complexity index is 405. The first-order valence-corrected chi connectivity index (χ1v) is 7.42. The van der Waals surface area contributed by atoms with Gasteiger partial charge in [-0.05, 0) is 54.1 Å². The quantitative estimate of drug-likeness (QED) is 0.663. The number of aliphatic hydroxyl groups excluding tert-OH is 1. The molecule has 98 valence electrons. The molecule has 1 saturated heterocycles. The van der Waals surface area contributed by atoms with E-state index in [-0.39, 0.29) is 18.4 Å². The first-order valence-electron chi connectivity index (χ1n) is 6.34. The topological polar surface area (TPSA) is 40.5 Å². The number of nitrogens with zero attached hydrogens (tertiary/aromatic N) is 1.